The van der Waals surface area contributed by atoms with Crippen LogP contribution in [0.25, 0.3) is 0 Å². The maximum atomic E-state index is 13.2. The first-order valence-electron chi connectivity index (χ1n) is 38.5. The van der Waals surface area contributed by atoms with Crippen molar-refractivity contribution >= 4 is 17.8 Å². The van der Waals surface area contributed by atoms with Gasteiger partial charge < -0.3 is 61.3 Å². The minimum atomic E-state index is -0.813. The highest BCUT2D eigenvalue weighted by Crippen LogP contribution is 2.37. The van der Waals surface area contributed by atoms with Gasteiger partial charge in [-0.1, -0.05) is 125 Å². The number of aliphatic hydroxyl groups excluding tert-OH is 5. The first-order valence-corrected chi connectivity index (χ1v) is 38.5. The van der Waals surface area contributed by atoms with Gasteiger partial charge in [-0.25, -0.2) is 0 Å². The topological polar surface area (TPSA) is 259 Å². The van der Waals surface area contributed by atoms with Gasteiger partial charge in [0.1, 0.15) is 36.4 Å². The van der Waals surface area contributed by atoms with Crippen molar-refractivity contribution in [3.8, 4) is 35.5 Å². The minimum Gasteiger partial charge on any atom is -0.464 e. The molecule has 21 heteroatoms. The fourth-order valence-electron chi connectivity index (χ4n) is 14.7. The van der Waals surface area contributed by atoms with Crippen LogP contribution in [0.2, 0.25) is 0 Å². The van der Waals surface area contributed by atoms with E-state index in [0.717, 1.165) is 102 Å². The average molecular weight is 1470 g/mol. The summed E-state index contributed by atoms with van der Waals surface area (Å²) in [6, 6.07) is 46.0. The van der Waals surface area contributed by atoms with E-state index in [1.54, 1.807) is 36.0 Å². The number of nitrogens with one attached hydrogen (secondary N) is 2. The van der Waals surface area contributed by atoms with Crippen LogP contribution in [0.4, 0.5) is 0 Å². The summed E-state index contributed by atoms with van der Waals surface area (Å²) in [7, 11) is 0. The van der Waals surface area contributed by atoms with Crippen molar-refractivity contribution in [1.82, 2.24) is 40.5 Å². The molecule has 0 bridgehead atoms. The number of cyclic esters (lactones) is 1. The van der Waals surface area contributed by atoms with Crippen molar-refractivity contribution in [1.29, 1.82) is 0 Å². The van der Waals surface area contributed by atoms with Gasteiger partial charge in [0, 0.05) is 84.5 Å². The maximum Gasteiger partial charge on any atom is 0.326 e. The predicted octanol–water partition coefficient (Wildman–Crippen LogP) is 6.63. The number of aryl methyl sites for hydroxylation is 3. The molecule has 9 N–H and O–H groups in total. The van der Waals surface area contributed by atoms with Crippen molar-refractivity contribution in [3.63, 3.8) is 0 Å². The van der Waals surface area contributed by atoms with Gasteiger partial charge >= 0.3 is 5.97 Å². The van der Waals surface area contributed by atoms with Crippen LogP contribution < -0.4 is 16.4 Å². The van der Waals surface area contributed by atoms with Crippen LogP contribution in [0.3, 0.4) is 0 Å². The second kappa shape index (κ2) is 41.6. The van der Waals surface area contributed by atoms with Crippen LogP contribution in [0, 0.1) is 74.0 Å². The molecule has 7 heterocycles. The molecule has 0 saturated carbocycles. The molecule has 7 fully saturated rings. The smallest absolute Gasteiger partial charge is 0.326 e. The number of likely N-dealkylation sites (tertiary alicyclic amines) is 3. The Hall–Kier alpha value is -8.19. The number of aliphatic hydroxyl groups is 5. The first kappa shape index (κ1) is 82.3. The Morgan fingerprint density at radius 2 is 0.731 bits per heavy atom. The number of esters is 1. The minimum absolute atomic E-state index is 0.132. The molecule has 13 rings (SSSR count). The Bertz CT molecular complexity index is 3810. The van der Waals surface area contributed by atoms with Gasteiger partial charge in [-0.15, -0.1) is 0 Å². The fraction of sp³-hybridized carbons (Fsp3) is 0.483. The monoisotopic (exact) mass is 1470 g/mol. The Morgan fingerprint density at radius 1 is 0.444 bits per heavy atom. The van der Waals surface area contributed by atoms with Crippen LogP contribution in [0.15, 0.2) is 146 Å². The lowest BCUT2D eigenvalue weighted by atomic mass is 9.92. The predicted molar refractivity (Wildman–Crippen MR) is 416 cm³/mol. The molecular weight excluding hydrogens is 1360 g/mol. The van der Waals surface area contributed by atoms with E-state index < -0.39 is 66.6 Å². The number of nitrogens with two attached hydrogens (primary N) is 1. The number of nitrogens with zero attached hydrogens (tertiary/aromatic N) is 6. The summed E-state index contributed by atoms with van der Waals surface area (Å²) in [6.07, 6.45) is 3.57. The third-order valence-electron chi connectivity index (χ3n) is 20.8. The van der Waals surface area contributed by atoms with E-state index in [0.29, 0.717) is 39.3 Å². The van der Waals surface area contributed by atoms with Crippen LogP contribution in [-0.2, 0) is 53.3 Å². The van der Waals surface area contributed by atoms with Gasteiger partial charge in [0.15, 0.2) is 0 Å². The van der Waals surface area contributed by atoms with Gasteiger partial charge in [-0.2, -0.15) is 15.2 Å². The molecule has 0 radical (unpaired) electrons. The lowest BCUT2D eigenvalue weighted by Crippen LogP contribution is -2.48. The van der Waals surface area contributed by atoms with E-state index in [4.69, 9.17) is 25.0 Å². The zero-order chi connectivity index (χ0) is 76.5. The maximum absolute atomic E-state index is 13.2. The Morgan fingerprint density at radius 3 is 1.03 bits per heavy atom. The normalized spacial score (nSPS) is 23.6. The SMILES string of the molecule is Cc1ccc(C#Cc2ccc(CN3O[C@@H]([C@H](C)O)[C@@H](CO)[C@H]3C(=O)NCCN3CCCC3)cc2)cc1.Cc1ccc(C#Cc2ccc(CN3O[C@@H]([C@H](C)O)[C@@H](CO)[C@H]3C(=O)NCCN3CCCC3)cc2)cc1.Cc1ccc(C#Cc2ccc(CN3O[C@@H]([C@H](C)O)[C@H]4COC(=O)[C@H]43)cc2)cc1.NCCN1CCCC1. The summed E-state index contributed by atoms with van der Waals surface area (Å²) in [5.74, 6) is 17.2. The first-order chi connectivity index (χ1) is 52.3. The molecule has 6 aromatic carbocycles. The van der Waals surface area contributed by atoms with Gasteiger partial charge in [0.05, 0.1) is 63.7 Å². The molecule has 21 nitrogen and oxygen atoms in total. The number of fused-ring (bicyclic) bond motifs is 1. The quantitative estimate of drug-likeness (QED) is 0.0278. The number of rotatable bonds is 21. The number of hydroxylamine groups is 6. The molecule has 108 heavy (non-hydrogen) atoms. The highest BCUT2D eigenvalue weighted by atomic mass is 16.7. The van der Waals surface area contributed by atoms with E-state index >= 15 is 0 Å². The molecular formula is C87H111N9O12. The van der Waals surface area contributed by atoms with Gasteiger partial charge in [-0.05, 0) is 209 Å². The Kier molecular flexibility index (Phi) is 31.7. The van der Waals surface area contributed by atoms with Crippen LogP contribution in [0.5, 0.6) is 0 Å². The number of ether oxygens (including phenoxy) is 1. The summed E-state index contributed by atoms with van der Waals surface area (Å²) in [5.41, 5.74) is 17.5. The summed E-state index contributed by atoms with van der Waals surface area (Å²) >= 11 is 0. The lowest BCUT2D eigenvalue weighted by molar-refractivity contribution is -0.202. The summed E-state index contributed by atoms with van der Waals surface area (Å²) in [6.45, 7) is 23.5. The number of carbonyl (C=O) groups is 3. The number of hydrogen-bond donors (Lipinski definition) is 8. The van der Waals surface area contributed by atoms with Crippen molar-refractivity contribution in [2.24, 2.45) is 23.5 Å². The molecule has 0 unspecified atom stereocenters. The highest BCUT2D eigenvalue weighted by molar-refractivity contribution is 5.83. The summed E-state index contributed by atoms with van der Waals surface area (Å²) in [5, 5.41) is 61.5. The summed E-state index contributed by atoms with van der Waals surface area (Å²) in [4.78, 5) is 63.4. The van der Waals surface area contributed by atoms with Gasteiger partial charge in [-0.3, -0.25) is 28.9 Å². The molecule has 7 saturated heterocycles. The molecule has 2 amide bonds. The fourth-order valence-corrected chi connectivity index (χ4v) is 14.7. The number of carbonyl (C=O) groups excluding carboxylic acids is 3. The second-order valence-electron chi connectivity index (χ2n) is 29.4. The molecule has 576 valence electrons. The van der Waals surface area contributed by atoms with Crippen molar-refractivity contribution < 1.29 is 59.2 Å². The highest BCUT2D eigenvalue weighted by Gasteiger charge is 2.54. The average Bonchev–Trinajstić information content (AvgIpc) is 1.62. The molecule has 7 aliphatic rings. The van der Waals surface area contributed by atoms with Crippen LogP contribution in [-0.4, -0.2) is 226 Å². The van der Waals surface area contributed by atoms with E-state index in [9.17, 15) is 39.9 Å². The van der Waals surface area contributed by atoms with Crippen LogP contribution >= 0.6 is 0 Å². The zero-order valence-electron chi connectivity index (χ0n) is 63.6. The van der Waals surface area contributed by atoms with E-state index in [2.05, 4.69) is 81.6 Å². The Labute approximate surface area is 638 Å². The molecule has 12 atom stereocenters. The van der Waals surface area contributed by atoms with Crippen molar-refractivity contribution in [2.75, 3.05) is 98.4 Å². The molecule has 0 spiro atoms. The molecule has 0 aliphatic carbocycles. The van der Waals surface area contributed by atoms with Crippen molar-refractivity contribution in [3.05, 3.63) is 212 Å². The summed E-state index contributed by atoms with van der Waals surface area (Å²) < 4.78 is 5.18. The van der Waals surface area contributed by atoms with E-state index in [-0.39, 0.29) is 36.9 Å². The van der Waals surface area contributed by atoms with Crippen molar-refractivity contribution in [2.45, 2.75) is 154 Å². The number of hydrogen-bond acceptors (Lipinski definition) is 19. The number of amides is 2. The molecule has 0 aromatic heterocycles. The van der Waals surface area contributed by atoms with E-state index in [1.807, 2.05) is 146 Å². The third-order valence-corrected chi connectivity index (χ3v) is 20.8. The van der Waals surface area contributed by atoms with Gasteiger partial charge in [0.25, 0.3) is 0 Å². The Balaban J connectivity index is 0.000000165. The zero-order valence-corrected chi connectivity index (χ0v) is 63.6. The van der Waals surface area contributed by atoms with Gasteiger partial charge in [0.2, 0.25) is 11.8 Å². The standard InChI is InChI=1S/2C29H37N3O4.C23H23NO4.C6H14N2/c2*1-21-5-7-23(8-6-21)9-10-24-11-13-25(14-12-24)19-32-27(26(20-33)28(36-32)22(2)34)29(35)30-15-18-31-16-3-4-17-31;1-15-3-5-17(6-4-15)7-8-18-9-11-19(12-10-18)13-24-21-20(14-27-23(21)26)22(28-24)16(2)25;7-3-6-8-4-1-2-5-8/h2*5-8,11-14,22,26-28,33-34H,3-4,15-20H2,1-2H3,(H,30,35);3-6,9-12,16,20-22,25H,13-14H2,1-2H3;1-7H2/t2*22-,26-,27-,28-;16-,20-,21-,22-;/m000./s1. The van der Waals surface area contributed by atoms with E-state index in [1.165, 1.54) is 68.3 Å². The largest absolute Gasteiger partial charge is 0.464 e. The van der Waals surface area contributed by atoms with Crippen LogP contribution in [0.1, 0.15) is 126 Å². The molecule has 7 aliphatic heterocycles. The third kappa shape index (κ3) is 23.9. The molecule has 6 aromatic rings. The second-order valence-corrected chi connectivity index (χ2v) is 29.4. The lowest BCUT2D eigenvalue weighted by Gasteiger charge is -2.25. The number of benzene rings is 6.